The molecule has 2 unspecified atom stereocenters. The van der Waals surface area contributed by atoms with Crippen LogP contribution < -0.4 is 11.1 Å². The van der Waals surface area contributed by atoms with E-state index in [0.717, 1.165) is 6.42 Å². The highest BCUT2D eigenvalue weighted by atomic mass is 16.5. The second-order valence-electron chi connectivity index (χ2n) is 7.70. The van der Waals surface area contributed by atoms with Gasteiger partial charge in [0.05, 0.1) is 12.6 Å². The van der Waals surface area contributed by atoms with Gasteiger partial charge in [0.1, 0.15) is 11.5 Å². The summed E-state index contributed by atoms with van der Waals surface area (Å²) in [6.07, 6.45) is 1.10. The van der Waals surface area contributed by atoms with Gasteiger partial charge in [-0.1, -0.05) is 24.0 Å². The number of carbonyl (C=O) groups is 2. The third-order valence-electron chi connectivity index (χ3n) is 5.30. The van der Waals surface area contributed by atoms with Crippen molar-refractivity contribution >= 4 is 17.6 Å². The van der Waals surface area contributed by atoms with E-state index in [1.165, 1.54) is 11.0 Å². The van der Waals surface area contributed by atoms with Gasteiger partial charge in [-0.15, -0.1) is 0 Å². The van der Waals surface area contributed by atoms with Gasteiger partial charge < -0.3 is 25.8 Å². The Bertz CT molecular complexity index is 1090. The molecule has 0 aliphatic carbocycles. The molecule has 9 nitrogen and oxygen atoms in total. The molecule has 2 amide bonds. The Morgan fingerprint density at radius 2 is 2.23 bits per heavy atom. The second kappa shape index (κ2) is 8.34. The summed E-state index contributed by atoms with van der Waals surface area (Å²) in [7, 11) is 1.63. The molecule has 0 spiro atoms. The maximum absolute atomic E-state index is 12.1. The zero-order chi connectivity index (χ0) is 22.0. The maximum atomic E-state index is 12.1. The molecule has 2 fully saturated rings. The Balaban J connectivity index is 1.64. The highest BCUT2D eigenvalue weighted by molar-refractivity contribution is 5.92. The van der Waals surface area contributed by atoms with Crippen LogP contribution in [-0.2, 0) is 9.53 Å². The van der Waals surface area contributed by atoms with Gasteiger partial charge in [-0.25, -0.2) is 9.97 Å². The third kappa shape index (κ3) is 4.50. The maximum Gasteiger partial charge on any atom is 0.267 e. The van der Waals surface area contributed by atoms with Crippen molar-refractivity contribution in [2.45, 2.75) is 24.5 Å². The van der Waals surface area contributed by atoms with Crippen LogP contribution in [0.3, 0.4) is 0 Å². The lowest BCUT2D eigenvalue weighted by molar-refractivity contribution is -0.137. The number of benzene rings is 1. The van der Waals surface area contributed by atoms with Crippen LogP contribution in [0.2, 0.25) is 0 Å². The quantitative estimate of drug-likeness (QED) is 0.609. The molecule has 160 valence electrons. The lowest BCUT2D eigenvalue weighted by Gasteiger charge is -2.13. The molecule has 4 N–H and O–H groups in total. The molecule has 3 heterocycles. The molecule has 2 aromatic rings. The van der Waals surface area contributed by atoms with Crippen molar-refractivity contribution < 1.29 is 19.4 Å². The van der Waals surface area contributed by atoms with Gasteiger partial charge >= 0.3 is 0 Å². The lowest BCUT2D eigenvalue weighted by atomic mass is 10.0. The zero-order valence-corrected chi connectivity index (χ0v) is 17.1. The predicted molar refractivity (Wildman–Crippen MR) is 113 cm³/mol. The number of nitrogens with one attached hydrogen (secondary N) is 1. The molecule has 9 heteroatoms. The fraction of sp³-hybridized carbons (Fsp3) is 0.364. The number of aliphatic hydroxyl groups is 1. The summed E-state index contributed by atoms with van der Waals surface area (Å²) >= 11 is 0. The predicted octanol–water partition coefficient (Wildman–Crippen LogP) is 0.388. The highest BCUT2D eigenvalue weighted by Crippen LogP contribution is 2.23. The monoisotopic (exact) mass is 421 g/mol. The molecule has 0 radical (unpaired) electrons. The number of anilines is 1. The number of ether oxygens (including phenoxy) is 1. The number of likely N-dealkylation sites (tertiary alicyclic amines) is 1. The number of rotatable bonds is 4. The molecule has 2 aliphatic rings. The smallest absolute Gasteiger partial charge is 0.267 e. The summed E-state index contributed by atoms with van der Waals surface area (Å²) < 4.78 is 5.37. The van der Waals surface area contributed by atoms with Crippen LogP contribution >= 0.6 is 0 Å². The van der Waals surface area contributed by atoms with Gasteiger partial charge in [0.15, 0.2) is 5.82 Å². The van der Waals surface area contributed by atoms with E-state index in [0.29, 0.717) is 42.5 Å². The summed E-state index contributed by atoms with van der Waals surface area (Å²) in [5, 5.41) is 13.7. The van der Waals surface area contributed by atoms with Crippen molar-refractivity contribution in [3.05, 3.63) is 41.6 Å². The van der Waals surface area contributed by atoms with Crippen LogP contribution in [0.4, 0.5) is 5.82 Å². The molecule has 1 aromatic carbocycles. The molecule has 0 saturated carbocycles. The number of amides is 2. The molecule has 2 saturated heterocycles. The van der Waals surface area contributed by atoms with Crippen LogP contribution in [0.5, 0.6) is 0 Å². The minimum atomic E-state index is -1.67. The van der Waals surface area contributed by atoms with Crippen molar-refractivity contribution in [3.63, 3.8) is 0 Å². The number of nitrogens with zero attached hydrogens (tertiary/aromatic N) is 3. The second-order valence-corrected chi connectivity index (χ2v) is 7.70. The van der Waals surface area contributed by atoms with Crippen LogP contribution in [0.15, 0.2) is 30.3 Å². The van der Waals surface area contributed by atoms with Gasteiger partial charge in [-0.2, -0.15) is 0 Å². The number of likely N-dealkylation sites (N-methyl/N-ethyl adjacent to an activating group) is 1. The van der Waals surface area contributed by atoms with E-state index in [1.807, 2.05) is 0 Å². The Morgan fingerprint density at radius 1 is 1.39 bits per heavy atom. The summed E-state index contributed by atoms with van der Waals surface area (Å²) in [6.45, 7) is 1.69. The number of nitrogens with two attached hydrogens (primary N) is 1. The van der Waals surface area contributed by atoms with Crippen LogP contribution in [-0.4, -0.2) is 70.2 Å². The van der Waals surface area contributed by atoms with Crippen LogP contribution in [0, 0.1) is 11.8 Å². The number of hydrogen-bond acceptors (Lipinski definition) is 7. The number of aromatic nitrogens is 2. The molecule has 31 heavy (non-hydrogen) atoms. The minimum Gasteiger partial charge on any atom is -0.379 e. The normalized spacial score (nSPS) is 22.8. The number of carbonyl (C=O) groups excluding carboxylic acids is 2. The van der Waals surface area contributed by atoms with Gasteiger partial charge in [-0.05, 0) is 18.6 Å². The van der Waals surface area contributed by atoms with Crippen molar-refractivity contribution in [1.82, 2.24) is 14.9 Å². The van der Waals surface area contributed by atoms with E-state index < -0.39 is 17.4 Å². The lowest BCUT2D eigenvalue weighted by Crippen LogP contribution is -2.37. The fourth-order valence-corrected chi connectivity index (χ4v) is 3.52. The van der Waals surface area contributed by atoms with Crippen molar-refractivity contribution in [1.29, 1.82) is 0 Å². The van der Waals surface area contributed by atoms with E-state index in [4.69, 9.17) is 10.5 Å². The van der Waals surface area contributed by atoms with Crippen LogP contribution in [0.1, 0.15) is 28.9 Å². The molecular weight excluding hydrogens is 398 g/mol. The SMILES string of the molecule is CN1CCC(O)(C#Cc2cccc(-c3nc(NC4CCOC4)cc(C(N)=O)n3)c2)C1=O. The Morgan fingerprint density at radius 3 is 2.90 bits per heavy atom. The molecule has 1 aromatic heterocycles. The molecule has 0 bridgehead atoms. The summed E-state index contributed by atoms with van der Waals surface area (Å²) in [5.41, 5.74) is 5.09. The summed E-state index contributed by atoms with van der Waals surface area (Å²) in [6, 6.07) is 8.67. The van der Waals surface area contributed by atoms with Crippen LogP contribution in [0.25, 0.3) is 11.4 Å². The van der Waals surface area contributed by atoms with Crippen molar-refractivity contribution in [3.8, 4) is 23.2 Å². The fourth-order valence-electron chi connectivity index (χ4n) is 3.52. The van der Waals surface area contributed by atoms with Crippen molar-refractivity contribution in [2.75, 3.05) is 32.1 Å². The average molecular weight is 421 g/mol. The topological polar surface area (TPSA) is 131 Å². The van der Waals surface area contributed by atoms with Crippen molar-refractivity contribution in [2.24, 2.45) is 5.73 Å². The molecule has 2 atom stereocenters. The van der Waals surface area contributed by atoms with Gasteiger partial charge in [0, 0.05) is 43.8 Å². The molecular formula is C22H23N5O4. The van der Waals surface area contributed by atoms with Gasteiger partial charge in [-0.3, -0.25) is 9.59 Å². The number of hydrogen-bond donors (Lipinski definition) is 3. The standard InChI is InChI=1S/C22H23N5O4/c1-27-9-8-22(30,21(27)29)7-5-14-3-2-4-15(11-14)20-25-17(19(23)28)12-18(26-20)24-16-6-10-31-13-16/h2-4,11-12,16,30H,6,8-10,13H2,1H3,(H2,23,28)(H,24,25,26). The number of primary amides is 1. The first-order valence-corrected chi connectivity index (χ1v) is 9.99. The third-order valence-corrected chi connectivity index (χ3v) is 5.30. The first-order chi connectivity index (χ1) is 14.8. The van der Waals surface area contributed by atoms with E-state index in [9.17, 15) is 14.7 Å². The molecule has 4 rings (SSSR count). The van der Waals surface area contributed by atoms with E-state index in [2.05, 4.69) is 27.1 Å². The highest BCUT2D eigenvalue weighted by Gasteiger charge is 2.42. The zero-order valence-electron chi connectivity index (χ0n) is 17.1. The summed E-state index contributed by atoms with van der Waals surface area (Å²) in [4.78, 5) is 34.1. The Labute approximate surface area is 179 Å². The molecule has 2 aliphatic heterocycles. The minimum absolute atomic E-state index is 0.0943. The van der Waals surface area contributed by atoms with E-state index >= 15 is 0 Å². The first kappa shape index (κ1) is 20.8. The first-order valence-electron chi connectivity index (χ1n) is 9.99. The Kier molecular flexibility index (Phi) is 5.59. The largest absolute Gasteiger partial charge is 0.379 e. The van der Waals surface area contributed by atoms with Gasteiger partial charge in [0.2, 0.25) is 5.60 Å². The average Bonchev–Trinajstić information content (AvgIpc) is 3.36. The van der Waals surface area contributed by atoms with E-state index in [-0.39, 0.29) is 18.2 Å². The van der Waals surface area contributed by atoms with E-state index in [1.54, 1.807) is 31.3 Å². The van der Waals surface area contributed by atoms with Gasteiger partial charge in [0.25, 0.3) is 11.8 Å². The Hall–Kier alpha value is -3.48. The summed E-state index contributed by atoms with van der Waals surface area (Å²) in [5.74, 6) is 5.31.